The average molecular weight is 239 g/mol. The van der Waals surface area contributed by atoms with E-state index >= 15 is 0 Å². The van der Waals surface area contributed by atoms with Gasteiger partial charge in [0.1, 0.15) is 0 Å². The van der Waals surface area contributed by atoms with Gasteiger partial charge in [-0.15, -0.1) is 0 Å². The van der Waals surface area contributed by atoms with Gasteiger partial charge < -0.3 is 10.0 Å². The molecular formula is C14H25NO2. The smallest absolute Gasteiger partial charge is 0.222 e. The number of amides is 1. The Balaban J connectivity index is 1.66. The second-order valence-corrected chi connectivity index (χ2v) is 5.72. The van der Waals surface area contributed by atoms with E-state index in [9.17, 15) is 4.79 Å². The zero-order valence-electron chi connectivity index (χ0n) is 10.7. The van der Waals surface area contributed by atoms with Crippen LogP contribution in [-0.4, -0.2) is 35.6 Å². The molecule has 1 aliphatic heterocycles. The molecule has 2 rings (SSSR count). The van der Waals surface area contributed by atoms with Crippen molar-refractivity contribution >= 4 is 5.91 Å². The third-order valence-electron chi connectivity index (χ3n) is 4.39. The molecule has 1 saturated carbocycles. The number of aliphatic hydroxyl groups is 1. The molecule has 2 fully saturated rings. The van der Waals surface area contributed by atoms with E-state index in [-0.39, 0.29) is 6.61 Å². The van der Waals surface area contributed by atoms with E-state index in [2.05, 4.69) is 0 Å². The van der Waals surface area contributed by atoms with Crippen LogP contribution in [0.3, 0.4) is 0 Å². The Morgan fingerprint density at radius 1 is 1.12 bits per heavy atom. The van der Waals surface area contributed by atoms with Crippen molar-refractivity contribution in [2.75, 3.05) is 19.7 Å². The maximum atomic E-state index is 12.0. The molecule has 3 heteroatoms. The number of carbonyl (C=O) groups is 1. The first-order chi connectivity index (χ1) is 8.29. The quantitative estimate of drug-likeness (QED) is 0.817. The molecule has 1 saturated heterocycles. The zero-order chi connectivity index (χ0) is 12.1. The molecule has 2 aliphatic rings. The molecule has 1 heterocycles. The molecule has 1 amide bonds. The normalized spacial score (nSPS) is 26.4. The van der Waals surface area contributed by atoms with E-state index in [0.717, 1.165) is 38.3 Å². The average Bonchev–Trinajstić information content (AvgIpc) is 2.86. The highest BCUT2D eigenvalue weighted by Gasteiger charge is 2.25. The van der Waals surface area contributed by atoms with E-state index in [0.29, 0.717) is 11.8 Å². The number of aliphatic hydroxyl groups excluding tert-OH is 1. The second kappa shape index (κ2) is 6.39. The van der Waals surface area contributed by atoms with E-state index in [1.54, 1.807) is 0 Å². The third-order valence-corrected chi connectivity index (χ3v) is 4.39. The topological polar surface area (TPSA) is 40.5 Å². The van der Waals surface area contributed by atoms with E-state index in [1.165, 1.54) is 32.1 Å². The number of nitrogens with zero attached hydrogens (tertiary/aromatic N) is 1. The molecule has 0 aromatic rings. The Bertz CT molecular complexity index is 249. The van der Waals surface area contributed by atoms with Crippen molar-refractivity contribution in [2.45, 2.75) is 51.4 Å². The van der Waals surface area contributed by atoms with Crippen LogP contribution >= 0.6 is 0 Å². The lowest BCUT2D eigenvalue weighted by Gasteiger charge is -2.22. The molecule has 0 unspecified atom stereocenters. The SMILES string of the molecule is O=C(CCC1CCCCC1)N1CC[C@@H](CO)C1. The van der Waals surface area contributed by atoms with Gasteiger partial charge >= 0.3 is 0 Å². The van der Waals surface area contributed by atoms with Gasteiger partial charge in [0.15, 0.2) is 0 Å². The van der Waals surface area contributed by atoms with Crippen molar-refractivity contribution in [3.05, 3.63) is 0 Å². The van der Waals surface area contributed by atoms with Gasteiger partial charge in [0.2, 0.25) is 5.91 Å². The predicted molar refractivity (Wildman–Crippen MR) is 67.6 cm³/mol. The Hall–Kier alpha value is -0.570. The van der Waals surface area contributed by atoms with E-state index in [1.807, 2.05) is 4.90 Å². The second-order valence-electron chi connectivity index (χ2n) is 5.72. The lowest BCUT2D eigenvalue weighted by molar-refractivity contribution is -0.130. The Morgan fingerprint density at radius 2 is 1.88 bits per heavy atom. The van der Waals surface area contributed by atoms with Gasteiger partial charge in [-0.1, -0.05) is 32.1 Å². The van der Waals surface area contributed by atoms with Crippen LogP contribution in [0.4, 0.5) is 0 Å². The summed E-state index contributed by atoms with van der Waals surface area (Å²) in [4.78, 5) is 13.9. The van der Waals surface area contributed by atoms with E-state index in [4.69, 9.17) is 5.11 Å². The predicted octanol–water partition coefficient (Wildman–Crippen LogP) is 2.19. The van der Waals surface area contributed by atoms with Gasteiger partial charge in [-0.05, 0) is 18.8 Å². The molecule has 0 aromatic carbocycles. The minimum Gasteiger partial charge on any atom is -0.396 e. The lowest BCUT2D eigenvalue weighted by atomic mass is 9.86. The number of carbonyl (C=O) groups excluding carboxylic acids is 1. The fourth-order valence-electron chi connectivity index (χ4n) is 3.17. The largest absolute Gasteiger partial charge is 0.396 e. The molecule has 0 spiro atoms. The van der Waals surface area contributed by atoms with Gasteiger partial charge in [0.05, 0.1) is 0 Å². The molecule has 1 N–H and O–H groups in total. The van der Waals surface area contributed by atoms with Crippen LogP contribution in [0.2, 0.25) is 0 Å². The number of rotatable bonds is 4. The Morgan fingerprint density at radius 3 is 2.53 bits per heavy atom. The first kappa shape index (κ1) is 12.9. The number of hydrogen-bond acceptors (Lipinski definition) is 2. The fourth-order valence-corrected chi connectivity index (χ4v) is 3.17. The summed E-state index contributed by atoms with van der Waals surface area (Å²) in [5.74, 6) is 1.43. The molecule has 0 radical (unpaired) electrons. The first-order valence-electron chi connectivity index (χ1n) is 7.18. The molecule has 17 heavy (non-hydrogen) atoms. The third kappa shape index (κ3) is 3.70. The summed E-state index contributed by atoms with van der Waals surface area (Å²) in [6.45, 7) is 1.86. The summed E-state index contributed by atoms with van der Waals surface area (Å²) in [6, 6.07) is 0. The maximum absolute atomic E-state index is 12.0. The molecule has 1 atom stereocenters. The van der Waals surface area contributed by atoms with Crippen LogP contribution in [0.5, 0.6) is 0 Å². The van der Waals surface area contributed by atoms with Crippen LogP contribution < -0.4 is 0 Å². The van der Waals surface area contributed by atoms with Crippen molar-refractivity contribution < 1.29 is 9.90 Å². The van der Waals surface area contributed by atoms with Crippen molar-refractivity contribution in [2.24, 2.45) is 11.8 Å². The fraction of sp³-hybridized carbons (Fsp3) is 0.929. The van der Waals surface area contributed by atoms with Gasteiger partial charge in [-0.3, -0.25) is 4.79 Å². The van der Waals surface area contributed by atoms with Crippen molar-refractivity contribution in [3.63, 3.8) is 0 Å². The molecule has 1 aliphatic carbocycles. The standard InChI is InChI=1S/C14H25NO2/c16-11-13-8-9-15(10-13)14(17)7-6-12-4-2-1-3-5-12/h12-13,16H,1-11H2/t13-/m1/s1. The molecule has 0 bridgehead atoms. The highest BCUT2D eigenvalue weighted by Crippen LogP contribution is 2.28. The highest BCUT2D eigenvalue weighted by molar-refractivity contribution is 5.76. The summed E-state index contributed by atoms with van der Waals surface area (Å²) in [5, 5.41) is 9.06. The summed E-state index contributed by atoms with van der Waals surface area (Å²) < 4.78 is 0. The maximum Gasteiger partial charge on any atom is 0.222 e. The van der Waals surface area contributed by atoms with E-state index < -0.39 is 0 Å². The summed E-state index contributed by atoms with van der Waals surface area (Å²) in [5.41, 5.74) is 0. The van der Waals surface area contributed by atoms with Crippen LogP contribution in [0.1, 0.15) is 51.4 Å². The van der Waals surface area contributed by atoms with Gasteiger partial charge in [-0.25, -0.2) is 0 Å². The van der Waals surface area contributed by atoms with Gasteiger partial charge in [0.25, 0.3) is 0 Å². The number of hydrogen-bond donors (Lipinski definition) is 1. The van der Waals surface area contributed by atoms with Crippen molar-refractivity contribution in [3.8, 4) is 0 Å². The molecule has 3 nitrogen and oxygen atoms in total. The van der Waals surface area contributed by atoms with Crippen LogP contribution in [0.25, 0.3) is 0 Å². The van der Waals surface area contributed by atoms with Crippen LogP contribution in [0, 0.1) is 11.8 Å². The van der Waals surface area contributed by atoms with Crippen molar-refractivity contribution in [1.29, 1.82) is 0 Å². The monoisotopic (exact) mass is 239 g/mol. The zero-order valence-corrected chi connectivity index (χ0v) is 10.7. The molecular weight excluding hydrogens is 214 g/mol. The minimum absolute atomic E-state index is 0.229. The number of likely N-dealkylation sites (tertiary alicyclic amines) is 1. The summed E-state index contributed by atoms with van der Waals surface area (Å²) >= 11 is 0. The minimum atomic E-state index is 0.229. The van der Waals surface area contributed by atoms with Crippen LogP contribution in [0.15, 0.2) is 0 Å². The highest BCUT2D eigenvalue weighted by atomic mass is 16.3. The van der Waals surface area contributed by atoms with Gasteiger partial charge in [-0.2, -0.15) is 0 Å². The Kier molecular flexibility index (Phi) is 4.84. The van der Waals surface area contributed by atoms with Gasteiger partial charge in [0, 0.05) is 32.0 Å². The van der Waals surface area contributed by atoms with Crippen LogP contribution in [-0.2, 0) is 4.79 Å². The van der Waals surface area contributed by atoms with Crippen molar-refractivity contribution in [1.82, 2.24) is 4.90 Å². The lowest BCUT2D eigenvalue weighted by Crippen LogP contribution is -2.29. The summed E-state index contributed by atoms with van der Waals surface area (Å²) in [6.07, 6.45) is 9.53. The molecule has 0 aromatic heterocycles. The Labute approximate surface area is 104 Å². The molecule has 98 valence electrons. The summed E-state index contributed by atoms with van der Waals surface area (Å²) in [7, 11) is 0. The first-order valence-corrected chi connectivity index (χ1v) is 7.18.